The summed E-state index contributed by atoms with van der Waals surface area (Å²) in [5.41, 5.74) is 1.40. The molecule has 0 N–H and O–H groups in total. The lowest BCUT2D eigenvalue weighted by atomic mass is 9.92. The van der Waals surface area contributed by atoms with Gasteiger partial charge in [-0.2, -0.15) is 0 Å². The summed E-state index contributed by atoms with van der Waals surface area (Å²) in [5.74, 6) is 0. The molecule has 2 rings (SSSR count). The van der Waals surface area contributed by atoms with Crippen LogP contribution in [0.1, 0.15) is 64.6 Å². The number of rotatable bonds is 1. The number of hydrogen-bond donors (Lipinski definition) is 0. The Labute approximate surface area is 92.7 Å². The van der Waals surface area contributed by atoms with Crippen molar-refractivity contribution in [3.8, 4) is 0 Å². The van der Waals surface area contributed by atoms with Gasteiger partial charge in [0.05, 0.1) is 12.0 Å². The van der Waals surface area contributed by atoms with Gasteiger partial charge >= 0.3 is 0 Å². The molecule has 1 fully saturated rings. The number of hydrogen-bond acceptors (Lipinski definition) is 1. The minimum atomic E-state index is 0.180. The average molecular weight is 206 g/mol. The fourth-order valence-electron chi connectivity index (χ4n) is 2.30. The van der Waals surface area contributed by atoms with E-state index >= 15 is 0 Å². The minimum absolute atomic E-state index is 0.180. The Hall–Kier alpha value is -0.790. The predicted octanol–water partition coefficient (Wildman–Crippen LogP) is 3.69. The van der Waals surface area contributed by atoms with Crippen molar-refractivity contribution >= 4 is 0 Å². The van der Waals surface area contributed by atoms with Gasteiger partial charge in [-0.1, -0.05) is 40.0 Å². The minimum Gasteiger partial charge on any atom is -0.334 e. The molecule has 1 heterocycles. The molecule has 2 heteroatoms. The summed E-state index contributed by atoms with van der Waals surface area (Å²) in [4.78, 5) is 4.53. The van der Waals surface area contributed by atoms with Crippen molar-refractivity contribution in [1.82, 2.24) is 9.55 Å². The molecule has 0 amide bonds. The Bertz CT molecular complexity index is 314. The maximum atomic E-state index is 4.53. The van der Waals surface area contributed by atoms with E-state index in [0.717, 1.165) is 0 Å². The SMILES string of the molecule is CC(C)(C)c1cn(C2CCCCC2)cn1. The molecule has 1 aromatic heterocycles. The molecule has 0 atom stereocenters. The van der Waals surface area contributed by atoms with Crippen LogP contribution in [0.15, 0.2) is 12.5 Å². The highest BCUT2D eigenvalue weighted by Crippen LogP contribution is 2.29. The van der Waals surface area contributed by atoms with Crippen LogP contribution in [0.4, 0.5) is 0 Å². The van der Waals surface area contributed by atoms with Crippen LogP contribution >= 0.6 is 0 Å². The Morgan fingerprint density at radius 1 is 1.20 bits per heavy atom. The molecule has 0 unspecified atom stereocenters. The summed E-state index contributed by atoms with van der Waals surface area (Å²) in [6, 6.07) is 0.711. The first-order valence-corrected chi connectivity index (χ1v) is 6.11. The average Bonchev–Trinajstić information content (AvgIpc) is 2.67. The third kappa shape index (κ3) is 2.42. The van der Waals surface area contributed by atoms with Gasteiger partial charge in [-0.25, -0.2) is 4.98 Å². The second-order valence-corrected chi connectivity index (χ2v) is 5.75. The molecule has 0 bridgehead atoms. The molecule has 0 radical (unpaired) electrons. The first-order valence-electron chi connectivity index (χ1n) is 6.11. The zero-order valence-corrected chi connectivity index (χ0v) is 10.2. The Balaban J connectivity index is 2.12. The number of imidazole rings is 1. The summed E-state index contributed by atoms with van der Waals surface area (Å²) in [7, 11) is 0. The van der Waals surface area contributed by atoms with Crippen LogP contribution in [0.2, 0.25) is 0 Å². The maximum absolute atomic E-state index is 4.53. The van der Waals surface area contributed by atoms with E-state index in [4.69, 9.17) is 0 Å². The van der Waals surface area contributed by atoms with Crippen LogP contribution in [0, 0.1) is 0 Å². The standard InChI is InChI=1S/C13H22N2/c1-13(2,3)12-9-15(10-14-12)11-7-5-4-6-8-11/h9-11H,4-8H2,1-3H3. The van der Waals surface area contributed by atoms with E-state index in [0.29, 0.717) is 6.04 Å². The van der Waals surface area contributed by atoms with Gasteiger partial charge in [0.25, 0.3) is 0 Å². The van der Waals surface area contributed by atoms with Crippen LogP contribution in [0.25, 0.3) is 0 Å². The van der Waals surface area contributed by atoms with Gasteiger partial charge in [-0.15, -0.1) is 0 Å². The lowest BCUT2D eigenvalue weighted by Crippen LogP contribution is -2.13. The lowest BCUT2D eigenvalue weighted by Gasteiger charge is -2.23. The van der Waals surface area contributed by atoms with E-state index < -0.39 is 0 Å². The molecule has 0 aliphatic heterocycles. The molecule has 1 aliphatic carbocycles. The quantitative estimate of drug-likeness (QED) is 0.685. The zero-order valence-electron chi connectivity index (χ0n) is 10.2. The molecule has 0 saturated heterocycles. The summed E-state index contributed by atoms with van der Waals surface area (Å²) in [5, 5.41) is 0. The van der Waals surface area contributed by atoms with Gasteiger partial charge in [0.2, 0.25) is 0 Å². The van der Waals surface area contributed by atoms with Crippen molar-refractivity contribution < 1.29 is 0 Å². The maximum Gasteiger partial charge on any atom is 0.0952 e. The van der Waals surface area contributed by atoms with Crippen molar-refractivity contribution in [2.75, 3.05) is 0 Å². The summed E-state index contributed by atoms with van der Waals surface area (Å²) < 4.78 is 2.33. The van der Waals surface area contributed by atoms with Gasteiger partial charge in [0.15, 0.2) is 0 Å². The second-order valence-electron chi connectivity index (χ2n) is 5.75. The van der Waals surface area contributed by atoms with Gasteiger partial charge < -0.3 is 4.57 Å². The molecule has 0 aromatic carbocycles. The summed E-state index contributed by atoms with van der Waals surface area (Å²) >= 11 is 0. The largest absolute Gasteiger partial charge is 0.334 e. The molecule has 1 saturated carbocycles. The normalized spacial score (nSPS) is 19.4. The van der Waals surface area contributed by atoms with E-state index in [1.165, 1.54) is 37.8 Å². The van der Waals surface area contributed by atoms with Crippen molar-refractivity contribution in [1.29, 1.82) is 0 Å². The molecule has 84 valence electrons. The molecule has 15 heavy (non-hydrogen) atoms. The Morgan fingerprint density at radius 2 is 1.87 bits per heavy atom. The van der Waals surface area contributed by atoms with Crippen LogP contribution in [0.5, 0.6) is 0 Å². The van der Waals surface area contributed by atoms with Crippen LogP contribution in [0.3, 0.4) is 0 Å². The van der Waals surface area contributed by atoms with E-state index in [1.54, 1.807) is 0 Å². The summed E-state index contributed by atoms with van der Waals surface area (Å²) in [6.45, 7) is 6.67. The fraction of sp³-hybridized carbons (Fsp3) is 0.769. The first-order chi connectivity index (χ1) is 7.07. The predicted molar refractivity (Wildman–Crippen MR) is 63.0 cm³/mol. The van der Waals surface area contributed by atoms with Crippen molar-refractivity contribution in [3.63, 3.8) is 0 Å². The molecule has 1 aromatic rings. The van der Waals surface area contributed by atoms with E-state index in [-0.39, 0.29) is 5.41 Å². The molecule has 0 spiro atoms. The van der Waals surface area contributed by atoms with E-state index in [1.807, 2.05) is 6.33 Å². The van der Waals surface area contributed by atoms with Gasteiger partial charge in [0, 0.05) is 17.7 Å². The van der Waals surface area contributed by atoms with Gasteiger partial charge in [-0.05, 0) is 12.8 Å². The van der Waals surface area contributed by atoms with Crippen LogP contribution in [-0.4, -0.2) is 9.55 Å². The van der Waals surface area contributed by atoms with Crippen molar-refractivity contribution in [2.24, 2.45) is 0 Å². The van der Waals surface area contributed by atoms with Gasteiger partial charge in [-0.3, -0.25) is 0 Å². The highest BCUT2D eigenvalue weighted by atomic mass is 15.1. The topological polar surface area (TPSA) is 17.8 Å². The Kier molecular flexibility index (Phi) is 2.85. The van der Waals surface area contributed by atoms with E-state index in [2.05, 4.69) is 36.5 Å². The monoisotopic (exact) mass is 206 g/mol. The highest BCUT2D eigenvalue weighted by Gasteiger charge is 2.20. The molecule has 2 nitrogen and oxygen atoms in total. The lowest BCUT2D eigenvalue weighted by molar-refractivity contribution is 0.352. The smallest absolute Gasteiger partial charge is 0.0952 e. The number of aromatic nitrogens is 2. The molecular formula is C13H22N2. The van der Waals surface area contributed by atoms with Crippen LogP contribution in [-0.2, 0) is 5.41 Å². The van der Waals surface area contributed by atoms with Crippen molar-refractivity contribution in [2.45, 2.75) is 64.3 Å². The van der Waals surface area contributed by atoms with Gasteiger partial charge in [0.1, 0.15) is 0 Å². The zero-order chi connectivity index (χ0) is 10.9. The molecular weight excluding hydrogens is 184 g/mol. The Morgan fingerprint density at radius 3 is 2.40 bits per heavy atom. The highest BCUT2D eigenvalue weighted by molar-refractivity contribution is 5.09. The third-order valence-corrected chi connectivity index (χ3v) is 3.37. The molecule has 1 aliphatic rings. The fourth-order valence-corrected chi connectivity index (χ4v) is 2.30. The summed E-state index contributed by atoms with van der Waals surface area (Å²) in [6.07, 6.45) is 11.1. The van der Waals surface area contributed by atoms with Crippen molar-refractivity contribution in [3.05, 3.63) is 18.2 Å². The number of nitrogens with zero attached hydrogens (tertiary/aromatic N) is 2. The first kappa shape index (κ1) is 10.7. The van der Waals surface area contributed by atoms with E-state index in [9.17, 15) is 0 Å². The second kappa shape index (κ2) is 3.99. The third-order valence-electron chi connectivity index (χ3n) is 3.37. The van der Waals surface area contributed by atoms with Crippen LogP contribution < -0.4 is 0 Å².